The van der Waals surface area contributed by atoms with E-state index >= 15 is 0 Å². The summed E-state index contributed by atoms with van der Waals surface area (Å²) in [6.07, 6.45) is 1.59. The monoisotopic (exact) mass is 468 g/mol. The van der Waals surface area contributed by atoms with Crippen LogP contribution in [-0.2, 0) is 0 Å². The van der Waals surface area contributed by atoms with Crippen LogP contribution in [-0.4, -0.2) is 18.9 Å². The Bertz CT molecular complexity index is 1180. The Labute approximate surface area is 179 Å². The molecule has 30 heavy (non-hydrogen) atoms. The molecule has 0 saturated heterocycles. The second-order valence-corrected chi connectivity index (χ2v) is 7.30. The van der Waals surface area contributed by atoms with Gasteiger partial charge in [0.05, 0.1) is 18.2 Å². The lowest BCUT2D eigenvalue weighted by Crippen LogP contribution is -2.08. The average Bonchev–Trinajstić information content (AvgIpc) is 3.03. The average molecular weight is 469 g/mol. The van der Waals surface area contributed by atoms with E-state index in [9.17, 15) is 14.0 Å². The molecule has 1 aliphatic rings. The van der Waals surface area contributed by atoms with Crippen molar-refractivity contribution in [1.82, 2.24) is 0 Å². The third-order valence-electron chi connectivity index (χ3n) is 4.41. The maximum Gasteiger partial charge on any atom is 0.343 e. The Morgan fingerprint density at radius 1 is 1.07 bits per heavy atom. The van der Waals surface area contributed by atoms with Crippen molar-refractivity contribution in [1.29, 1.82) is 0 Å². The number of benzene rings is 3. The van der Waals surface area contributed by atoms with Gasteiger partial charge in [-0.1, -0.05) is 15.9 Å². The standard InChI is InChI=1S/C23H14BrFO5/c1-28-19-9-4-15(24)10-14(19)11-21-22(26)18-8-7-17(12-20(18)30-21)29-23(27)13-2-5-16(25)6-3-13/h2-12H,1H3. The molecule has 3 aromatic rings. The number of ketones is 1. The van der Waals surface area contributed by atoms with E-state index in [1.165, 1.54) is 42.5 Å². The van der Waals surface area contributed by atoms with E-state index in [0.29, 0.717) is 16.9 Å². The first-order valence-corrected chi connectivity index (χ1v) is 9.63. The quantitative estimate of drug-likeness (QED) is 0.290. The molecule has 0 atom stereocenters. The summed E-state index contributed by atoms with van der Waals surface area (Å²) in [6.45, 7) is 0. The molecule has 1 aliphatic heterocycles. The highest BCUT2D eigenvalue weighted by atomic mass is 79.9. The Kier molecular flexibility index (Phi) is 5.37. The molecule has 150 valence electrons. The molecule has 0 saturated carbocycles. The molecule has 1 heterocycles. The van der Waals surface area contributed by atoms with Crippen molar-refractivity contribution in [3.8, 4) is 17.2 Å². The fraction of sp³-hybridized carbons (Fsp3) is 0.0435. The van der Waals surface area contributed by atoms with Gasteiger partial charge >= 0.3 is 5.97 Å². The lowest BCUT2D eigenvalue weighted by molar-refractivity contribution is 0.0734. The molecule has 0 aliphatic carbocycles. The molecule has 4 rings (SSSR count). The minimum Gasteiger partial charge on any atom is -0.496 e. The summed E-state index contributed by atoms with van der Waals surface area (Å²) in [5.41, 5.74) is 1.24. The van der Waals surface area contributed by atoms with E-state index in [1.54, 1.807) is 25.3 Å². The molecule has 0 aromatic heterocycles. The Morgan fingerprint density at radius 2 is 1.83 bits per heavy atom. The molecule has 0 bridgehead atoms. The van der Waals surface area contributed by atoms with Crippen molar-refractivity contribution >= 4 is 33.8 Å². The van der Waals surface area contributed by atoms with E-state index in [1.807, 2.05) is 6.07 Å². The first-order valence-electron chi connectivity index (χ1n) is 8.84. The number of methoxy groups -OCH3 is 1. The predicted molar refractivity (Wildman–Crippen MR) is 111 cm³/mol. The zero-order valence-electron chi connectivity index (χ0n) is 15.6. The van der Waals surface area contributed by atoms with Gasteiger partial charge in [-0.25, -0.2) is 9.18 Å². The molecule has 0 amide bonds. The highest BCUT2D eigenvalue weighted by molar-refractivity contribution is 9.10. The number of ether oxygens (including phenoxy) is 3. The van der Waals surface area contributed by atoms with Crippen molar-refractivity contribution in [2.24, 2.45) is 0 Å². The topological polar surface area (TPSA) is 61.8 Å². The number of allylic oxidation sites excluding steroid dienone is 1. The van der Waals surface area contributed by atoms with Crippen molar-refractivity contribution in [2.45, 2.75) is 0 Å². The molecule has 5 nitrogen and oxygen atoms in total. The number of carbonyl (C=O) groups excluding carboxylic acids is 2. The second kappa shape index (κ2) is 8.12. The van der Waals surface area contributed by atoms with Crippen LogP contribution in [0.15, 0.2) is 70.9 Å². The van der Waals surface area contributed by atoms with Crippen LogP contribution < -0.4 is 14.2 Å². The smallest absolute Gasteiger partial charge is 0.343 e. The number of esters is 1. The number of hydrogen-bond donors (Lipinski definition) is 0. The van der Waals surface area contributed by atoms with Gasteiger partial charge in [0.2, 0.25) is 5.78 Å². The SMILES string of the molecule is COc1ccc(Br)cc1C=C1Oc2cc(OC(=O)c3ccc(F)cc3)ccc2C1=O. The van der Waals surface area contributed by atoms with Crippen molar-refractivity contribution in [3.05, 3.63) is 93.4 Å². The summed E-state index contributed by atoms with van der Waals surface area (Å²) in [5, 5.41) is 0. The normalized spacial score (nSPS) is 13.7. The zero-order valence-corrected chi connectivity index (χ0v) is 17.2. The Morgan fingerprint density at radius 3 is 2.57 bits per heavy atom. The maximum atomic E-state index is 13.0. The minimum atomic E-state index is -0.645. The number of halogens is 2. The molecule has 0 fully saturated rings. The van der Waals surface area contributed by atoms with Gasteiger partial charge < -0.3 is 14.2 Å². The number of hydrogen-bond acceptors (Lipinski definition) is 5. The summed E-state index contributed by atoms with van der Waals surface area (Å²) >= 11 is 3.39. The van der Waals surface area contributed by atoms with Crippen LogP contribution in [0.4, 0.5) is 4.39 Å². The maximum absolute atomic E-state index is 13.0. The summed E-state index contributed by atoms with van der Waals surface area (Å²) in [5.74, 6) is -0.174. The molecule has 0 N–H and O–H groups in total. The summed E-state index contributed by atoms with van der Waals surface area (Å²) < 4.78 is 30.2. The van der Waals surface area contributed by atoms with Gasteiger partial charge in [0.25, 0.3) is 0 Å². The predicted octanol–water partition coefficient (Wildman–Crippen LogP) is 5.43. The molecular weight excluding hydrogens is 455 g/mol. The van der Waals surface area contributed by atoms with Crippen molar-refractivity contribution < 1.29 is 28.2 Å². The number of Topliss-reactive ketones (excluding diaryl/α,β-unsaturated/α-hetero) is 1. The van der Waals surface area contributed by atoms with Crippen LogP contribution in [0.3, 0.4) is 0 Å². The lowest BCUT2D eigenvalue weighted by Gasteiger charge is -2.06. The van der Waals surface area contributed by atoms with Crippen LogP contribution in [0.5, 0.6) is 17.2 Å². The third kappa shape index (κ3) is 3.97. The van der Waals surface area contributed by atoms with E-state index in [-0.39, 0.29) is 28.6 Å². The minimum absolute atomic E-state index is 0.128. The van der Waals surface area contributed by atoms with Crippen LogP contribution in [0, 0.1) is 5.82 Å². The summed E-state index contributed by atoms with van der Waals surface area (Å²) in [6, 6.07) is 14.9. The number of fused-ring (bicyclic) bond motifs is 1. The lowest BCUT2D eigenvalue weighted by atomic mass is 10.1. The van der Waals surface area contributed by atoms with Gasteiger partial charge in [0, 0.05) is 16.1 Å². The van der Waals surface area contributed by atoms with E-state index < -0.39 is 11.8 Å². The highest BCUT2D eigenvalue weighted by Crippen LogP contribution is 2.36. The van der Waals surface area contributed by atoms with Gasteiger partial charge in [0.15, 0.2) is 5.76 Å². The number of carbonyl (C=O) groups is 2. The van der Waals surface area contributed by atoms with Crippen LogP contribution in [0.1, 0.15) is 26.3 Å². The van der Waals surface area contributed by atoms with Gasteiger partial charge in [-0.2, -0.15) is 0 Å². The summed E-state index contributed by atoms with van der Waals surface area (Å²) in [4.78, 5) is 24.9. The molecule has 7 heteroatoms. The van der Waals surface area contributed by atoms with Crippen LogP contribution in [0.2, 0.25) is 0 Å². The van der Waals surface area contributed by atoms with E-state index in [0.717, 1.165) is 4.47 Å². The molecule has 0 unspecified atom stereocenters. The molecule has 3 aromatic carbocycles. The first kappa shape index (κ1) is 19.8. The third-order valence-corrected chi connectivity index (χ3v) is 4.90. The van der Waals surface area contributed by atoms with Gasteiger partial charge in [-0.05, 0) is 60.7 Å². The zero-order chi connectivity index (χ0) is 21.3. The Hall–Kier alpha value is -3.45. The molecular formula is C23H14BrFO5. The van der Waals surface area contributed by atoms with Gasteiger partial charge in [-0.3, -0.25) is 4.79 Å². The van der Waals surface area contributed by atoms with Crippen molar-refractivity contribution in [2.75, 3.05) is 7.11 Å². The number of rotatable bonds is 4. The molecule has 0 radical (unpaired) electrons. The second-order valence-electron chi connectivity index (χ2n) is 6.38. The fourth-order valence-corrected chi connectivity index (χ4v) is 3.32. The van der Waals surface area contributed by atoms with Crippen molar-refractivity contribution in [3.63, 3.8) is 0 Å². The van der Waals surface area contributed by atoms with Gasteiger partial charge in [0.1, 0.15) is 23.1 Å². The van der Waals surface area contributed by atoms with Crippen LogP contribution >= 0.6 is 15.9 Å². The highest BCUT2D eigenvalue weighted by Gasteiger charge is 2.28. The fourth-order valence-electron chi connectivity index (χ4n) is 2.94. The Balaban J connectivity index is 1.58. The van der Waals surface area contributed by atoms with E-state index in [2.05, 4.69) is 15.9 Å². The molecule has 0 spiro atoms. The largest absolute Gasteiger partial charge is 0.496 e. The van der Waals surface area contributed by atoms with Crippen LogP contribution in [0.25, 0.3) is 6.08 Å². The van der Waals surface area contributed by atoms with Gasteiger partial charge in [-0.15, -0.1) is 0 Å². The summed E-state index contributed by atoms with van der Waals surface area (Å²) in [7, 11) is 1.54. The first-order chi connectivity index (χ1) is 14.4. The van der Waals surface area contributed by atoms with E-state index in [4.69, 9.17) is 14.2 Å².